The van der Waals surface area contributed by atoms with Crippen molar-refractivity contribution in [1.29, 1.82) is 0 Å². The number of likely N-dealkylation sites (tertiary alicyclic amines) is 1. The molecule has 9 heteroatoms. The average Bonchev–Trinajstić information content (AvgIpc) is 3.35. The van der Waals surface area contributed by atoms with Crippen LogP contribution >= 0.6 is 11.6 Å². The van der Waals surface area contributed by atoms with Gasteiger partial charge >= 0.3 is 5.97 Å². The Morgan fingerprint density at radius 3 is 2.68 bits per heavy atom. The number of nitrogens with zero attached hydrogens (tertiary/aromatic N) is 1. The number of fused-ring (bicyclic) bond motifs is 1. The summed E-state index contributed by atoms with van der Waals surface area (Å²) in [6.45, 7) is 1.30. The highest BCUT2D eigenvalue weighted by Crippen LogP contribution is 2.38. The van der Waals surface area contributed by atoms with Gasteiger partial charge < -0.3 is 28.6 Å². The summed E-state index contributed by atoms with van der Waals surface area (Å²) in [5.74, 6) is 1.38. The maximum absolute atomic E-state index is 12.8. The van der Waals surface area contributed by atoms with Gasteiger partial charge in [-0.3, -0.25) is 4.79 Å². The highest BCUT2D eigenvalue weighted by Gasteiger charge is 2.31. The van der Waals surface area contributed by atoms with Crippen LogP contribution in [0.4, 0.5) is 0 Å². The number of hydrogen-bond acceptors (Lipinski definition) is 7. The van der Waals surface area contributed by atoms with E-state index in [0.717, 1.165) is 18.4 Å². The SMILES string of the molecule is COc1cc(/C=C/C(=O)OCC(=O)N2CCCC2c2ccc3c(c2)OCCO3)cc(Cl)c1OC. The van der Waals surface area contributed by atoms with E-state index < -0.39 is 5.97 Å². The molecule has 2 aliphatic heterocycles. The molecule has 0 bridgehead atoms. The molecule has 1 fully saturated rings. The summed E-state index contributed by atoms with van der Waals surface area (Å²) in [5.41, 5.74) is 1.61. The maximum Gasteiger partial charge on any atom is 0.331 e. The number of carbonyl (C=O) groups is 2. The fraction of sp³-hybridized carbons (Fsp3) is 0.360. The molecule has 0 aliphatic carbocycles. The van der Waals surface area contributed by atoms with Crippen molar-refractivity contribution in [1.82, 2.24) is 4.90 Å². The van der Waals surface area contributed by atoms with E-state index in [2.05, 4.69) is 0 Å². The minimum atomic E-state index is -0.630. The molecule has 2 aliphatic rings. The molecule has 1 saturated heterocycles. The van der Waals surface area contributed by atoms with Crippen molar-refractivity contribution in [3.05, 3.63) is 52.6 Å². The Balaban J connectivity index is 1.36. The monoisotopic (exact) mass is 487 g/mol. The second kappa shape index (κ2) is 10.7. The van der Waals surface area contributed by atoms with Gasteiger partial charge in [0.15, 0.2) is 29.6 Å². The van der Waals surface area contributed by atoms with E-state index in [4.69, 9.17) is 35.3 Å². The standard InChI is InChI=1S/C25H26ClNO7/c1-30-22-13-16(12-18(26)25(22)31-2)5-8-24(29)34-15-23(28)27-9-3-4-19(27)17-6-7-20-21(14-17)33-11-10-32-20/h5-8,12-14,19H,3-4,9-11,15H2,1-2H3/b8-5+. The number of amides is 1. The van der Waals surface area contributed by atoms with Crippen molar-refractivity contribution in [3.8, 4) is 23.0 Å². The molecule has 0 N–H and O–H groups in total. The van der Waals surface area contributed by atoms with Crippen molar-refractivity contribution in [3.63, 3.8) is 0 Å². The molecular weight excluding hydrogens is 462 g/mol. The van der Waals surface area contributed by atoms with Gasteiger partial charge in [0.05, 0.1) is 25.3 Å². The van der Waals surface area contributed by atoms with Gasteiger partial charge in [0.1, 0.15) is 13.2 Å². The van der Waals surface area contributed by atoms with Crippen molar-refractivity contribution in [2.24, 2.45) is 0 Å². The van der Waals surface area contributed by atoms with Crippen LogP contribution in [0.25, 0.3) is 6.08 Å². The second-order valence-electron chi connectivity index (χ2n) is 7.83. The lowest BCUT2D eigenvalue weighted by atomic mass is 10.0. The molecule has 1 amide bonds. The first-order chi connectivity index (χ1) is 16.5. The summed E-state index contributed by atoms with van der Waals surface area (Å²) in [4.78, 5) is 26.8. The Kier molecular flexibility index (Phi) is 7.47. The quantitative estimate of drug-likeness (QED) is 0.430. The lowest BCUT2D eigenvalue weighted by Crippen LogP contribution is -2.34. The summed E-state index contributed by atoms with van der Waals surface area (Å²) in [7, 11) is 2.99. The average molecular weight is 488 g/mol. The zero-order chi connectivity index (χ0) is 24.1. The first kappa shape index (κ1) is 23.8. The Morgan fingerprint density at radius 2 is 1.91 bits per heavy atom. The van der Waals surface area contributed by atoms with Gasteiger partial charge in [0.2, 0.25) is 0 Å². The number of benzene rings is 2. The van der Waals surface area contributed by atoms with Crippen molar-refractivity contribution in [2.75, 3.05) is 40.6 Å². The maximum atomic E-state index is 12.8. The van der Waals surface area contributed by atoms with E-state index in [0.29, 0.717) is 53.3 Å². The molecule has 0 radical (unpaired) electrons. The fourth-order valence-electron chi connectivity index (χ4n) is 4.14. The number of hydrogen-bond donors (Lipinski definition) is 0. The zero-order valence-electron chi connectivity index (χ0n) is 19.0. The van der Waals surface area contributed by atoms with Crippen LogP contribution in [0.2, 0.25) is 5.02 Å². The minimum absolute atomic E-state index is 0.0912. The Hall–Kier alpha value is -3.39. The van der Waals surface area contributed by atoms with Crippen LogP contribution < -0.4 is 18.9 Å². The van der Waals surface area contributed by atoms with Crippen LogP contribution in [0.3, 0.4) is 0 Å². The van der Waals surface area contributed by atoms with Gasteiger partial charge in [-0.15, -0.1) is 0 Å². The van der Waals surface area contributed by atoms with Crippen LogP contribution in [-0.2, 0) is 14.3 Å². The third-order valence-electron chi connectivity index (χ3n) is 5.73. The third-order valence-corrected chi connectivity index (χ3v) is 6.01. The molecule has 2 aromatic carbocycles. The summed E-state index contributed by atoms with van der Waals surface area (Å²) < 4.78 is 26.9. The fourth-order valence-corrected chi connectivity index (χ4v) is 4.44. The van der Waals surface area contributed by atoms with Crippen LogP contribution in [0, 0.1) is 0 Å². The topological polar surface area (TPSA) is 83.5 Å². The lowest BCUT2D eigenvalue weighted by molar-refractivity contribution is -0.148. The van der Waals surface area contributed by atoms with Crippen LogP contribution in [-0.4, -0.2) is 57.4 Å². The van der Waals surface area contributed by atoms with Crippen LogP contribution in [0.1, 0.15) is 30.0 Å². The van der Waals surface area contributed by atoms with Crippen molar-refractivity contribution >= 4 is 29.6 Å². The second-order valence-corrected chi connectivity index (χ2v) is 8.23. The van der Waals surface area contributed by atoms with Gasteiger partial charge in [-0.25, -0.2) is 4.79 Å². The van der Waals surface area contributed by atoms with Gasteiger partial charge in [-0.1, -0.05) is 17.7 Å². The molecule has 2 aromatic rings. The van der Waals surface area contributed by atoms with Crippen molar-refractivity contribution < 1.29 is 33.3 Å². The Bertz CT molecular complexity index is 1100. The molecule has 0 aromatic heterocycles. The normalized spacial score (nSPS) is 17.0. The molecule has 1 atom stereocenters. The number of methoxy groups -OCH3 is 2. The van der Waals surface area contributed by atoms with Gasteiger partial charge in [-0.05, 0) is 54.3 Å². The number of halogens is 1. The smallest absolute Gasteiger partial charge is 0.331 e. The molecule has 34 heavy (non-hydrogen) atoms. The number of ether oxygens (including phenoxy) is 5. The highest BCUT2D eigenvalue weighted by molar-refractivity contribution is 6.32. The highest BCUT2D eigenvalue weighted by atomic mass is 35.5. The molecule has 180 valence electrons. The number of carbonyl (C=O) groups excluding carboxylic acids is 2. The molecule has 8 nitrogen and oxygen atoms in total. The summed E-state index contributed by atoms with van der Waals surface area (Å²) in [5, 5.41) is 0.351. The number of rotatable bonds is 7. The summed E-state index contributed by atoms with van der Waals surface area (Å²) in [6.07, 6.45) is 4.49. The zero-order valence-corrected chi connectivity index (χ0v) is 19.8. The van der Waals surface area contributed by atoms with E-state index in [9.17, 15) is 9.59 Å². The lowest BCUT2D eigenvalue weighted by Gasteiger charge is -2.26. The van der Waals surface area contributed by atoms with E-state index in [1.807, 2.05) is 18.2 Å². The van der Waals surface area contributed by atoms with Gasteiger partial charge in [0, 0.05) is 12.6 Å². The summed E-state index contributed by atoms with van der Waals surface area (Å²) in [6, 6.07) is 8.98. The molecule has 2 heterocycles. The molecule has 0 saturated carbocycles. The molecule has 0 spiro atoms. The summed E-state index contributed by atoms with van der Waals surface area (Å²) >= 11 is 6.19. The first-order valence-corrected chi connectivity index (χ1v) is 11.3. The Morgan fingerprint density at radius 1 is 1.12 bits per heavy atom. The van der Waals surface area contributed by atoms with Gasteiger partial charge in [0.25, 0.3) is 5.91 Å². The molecule has 4 rings (SSSR count). The van der Waals surface area contributed by atoms with E-state index in [-0.39, 0.29) is 18.6 Å². The molecule has 1 unspecified atom stereocenters. The van der Waals surface area contributed by atoms with Crippen molar-refractivity contribution in [2.45, 2.75) is 18.9 Å². The van der Waals surface area contributed by atoms with Gasteiger partial charge in [-0.2, -0.15) is 0 Å². The predicted molar refractivity (Wildman–Crippen MR) is 126 cm³/mol. The van der Waals surface area contributed by atoms with E-state index >= 15 is 0 Å². The largest absolute Gasteiger partial charge is 0.493 e. The Labute approximate surface area is 202 Å². The number of esters is 1. The minimum Gasteiger partial charge on any atom is -0.493 e. The van der Waals surface area contributed by atoms with Crippen LogP contribution in [0.15, 0.2) is 36.4 Å². The third kappa shape index (κ3) is 5.22. The molecular formula is C25H26ClNO7. The van der Waals surface area contributed by atoms with E-state index in [1.165, 1.54) is 26.4 Å². The first-order valence-electron chi connectivity index (χ1n) is 11.0. The van der Waals surface area contributed by atoms with E-state index in [1.54, 1.807) is 17.0 Å². The van der Waals surface area contributed by atoms with Crippen LogP contribution in [0.5, 0.6) is 23.0 Å². The predicted octanol–water partition coefficient (Wildman–Crippen LogP) is 4.05.